The molecule has 0 bridgehead atoms. The van der Waals surface area contributed by atoms with Crippen LogP contribution >= 0.6 is 11.8 Å². The van der Waals surface area contributed by atoms with Gasteiger partial charge < -0.3 is 0 Å². The number of nitriles is 1. The molecule has 20 heavy (non-hydrogen) atoms. The van der Waals surface area contributed by atoms with Gasteiger partial charge in [0.15, 0.2) is 11.4 Å². The van der Waals surface area contributed by atoms with Crippen molar-refractivity contribution < 1.29 is 0 Å². The molecule has 0 unspecified atom stereocenters. The third-order valence-electron chi connectivity index (χ3n) is 2.83. The first-order chi connectivity index (χ1) is 9.85. The van der Waals surface area contributed by atoms with Crippen LogP contribution in [-0.2, 0) is 0 Å². The highest BCUT2D eigenvalue weighted by Gasteiger charge is 2.13. The molecule has 0 amide bonds. The Morgan fingerprint density at radius 2 is 1.55 bits per heavy atom. The van der Waals surface area contributed by atoms with Gasteiger partial charge in [0.05, 0.1) is 0 Å². The van der Waals surface area contributed by atoms with Gasteiger partial charge in [-0.15, -0.1) is 0 Å². The lowest BCUT2D eigenvalue weighted by Gasteiger charge is -2.15. The Labute approximate surface area is 123 Å². The Morgan fingerprint density at radius 3 is 1.95 bits per heavy atom. The summed E-state index contributed by atoms with van der Waals surface area (Å²) in [6.07, 6.45) is 3.82. The molecule has 0 fully saturated rings. The van der Waals surface area contributed by atoms with E-state index in [0.717, 1.165) is 11.1 Å². The molecular weight excluding hydrogens is 266 g/mol. The number of nitrogens with one attached hydrogen (secondary N) is 1. The Balaban J connectivity index is 2.43. The van der Waals surface area contributed by atoms with Crippen LogP contribution in [0.25, 0.3) is 0 Å². The van der Waals surface area contributed by atoms with Crippen LogP contribution < -0.4 is 5.32 Å². The van der Waals surface area contributed by atoms with Crippen LogP contribution in [0.2, 0.25) is 0 Å². The quantitative estimate of drug-likeness (QED) is 0.405. The molecule has 0 saturated carbocycles. The zero-order chi connectivity index (χ0) is 14.2. The Bertz CT molecular complexity index is 563. The second-order valence-electron chi connectivity index (χ2n) is 4.10. The lowest BCUT2D eigenvalue weighted by atomic mass is 9.99. The Morgan fingerprint density at radius 1 is 1.05 bits per heavy atom. The van der Waals surface area contributed by atoms with E-state index >= 15 is 0 Å². The van der Waals surface area contributed by atoms with Crippen molar-refractivity contribution in [2.75, 3.05) is 6.26 Å². The molecule has 2 aromatic rings. The normalized spacial score (nSPS) is 11.2. The van der Waals surface area contributed by atoms with Crippen LogP contribution in [0.4, 0.5) is 0 Å². The number of benzene rings is 2. The van der Waals surface area contributed by atoms with E-state index in [9.17, 15) is 0 Å². The van der Waals surface area contributed by atoms with Gasteiger partial charge in [0.1, 0.15) is 6.04 Å². The van der Waals surface area contributed by atoms with E-state index < -0.39 is 0 Å². The summed E-state index contributed by atoms with van der Waals surface area (Å²) < 4.78 is 0. The Kier molecular flexibility index (Phi) is 5.22. The maximum absolute atomic E-state index is 8.77. The van der Waals surface area contributed by atoms with Gasteiger partial charge in [-0.05, 0) is 17.4 Å². The van der Waals surface area contributed by atoms with Crippen LogP contribution in [0.5, 0.6) is 0 Å². The van der Waals surface area contributed by atoms with Crippen LogP contribution in [0, 0.1) is 11.5 Å². The lowest BCUT2D eigenvalue weighted by molar-refractivity contribution is 0.870. The van der Waals surface area contributed by atoms with E-state index in [0.29, 0.717) is 5.17 Å². The van der Waals surface area contributed by atoms with E-state index in [2.05, 4.69) is 10.3 Å². The topological polar surface area (TPSA) is 48.2 Å². The predicted molar refractivity (Wildman–Crippen MR) is 84.4 cm³/mol. The number of aliphatic imine (C=N–C) groups is 1. The summed E-state index contributed by atoms with van der Waals surface area (Å²) in [6.45, 7) is 0. The molecule has 0 atom stereocenters. The molecule has 3 nitrogen and oxygen atoms in total. The minimum atomic E-state index is -0.110. The summed E-state index contributed by atoms with van der Waals surface area (Å²) in [5.74, 6) is 0. The van der Waals surface area contributed by atoms with E-state index in [1.807, 2.05) is 73.1 Å². The third-order valence-corrected chi connectivity index (χ3v) is 3.43. The van der Waals surface area contributed by atoms with Gasteiger partial charge in [0, 0.05) is 0 Å². The largest absolute Gasteiger partial charge is 0.272 e. The molecule has 0 radical (unpaired) electrons. The second-order valence-corrected chi connectivity index (χ2v) is 4.89. The number of amidine groups is 1. The van der Waals surface area contributed by atoms with Crippen molar-refractivity contribution >= 4 is 16.9 Å². The molecular formula is C16H15N3S. The maximum atomic E-state index is 8.77. The first-order valence-corrected chi connectivity index (χ1v) is 7.44. The second kappa shape index (κ2) is 7.37. The molecule has 2 rings (SSSR count). The summed E-state index contributed by atoms with van der Waals surface area (Å²) in [4.78, 5) is 4.67. The Hall–Kier alpha value is -2.25. The predicted octanol–water partition coefficient (Wildman–Crippen LogP) is 3.57. The van der Waals surface area contributed by atoms with Crippen molar-refractivity contribution in [3.8, 4) is 6.19 Å². The molecule has 100 valence electrons. The summed E-state index contributed by atoms with van der Waals surface area (Å²) >= 11 is 1.43. The van der Waals surface area contributed by atoms with Crippen LogP contribution in [-0.4, -0.2) is 11.4 Å². The zero-order valence-corrected chi connectivity index (χ0v) is 12.0. The summed E-state index contributed by atoms with van der Waals surface area (Å²) in [7, 11) is 0. The van der Waals surface area contributed by atoms with Crippen molar-refractivity contribution in [2.24, 2.45) is 4.99 Å². The molecule has 1 N–H and O–H groups in total. The number of nitrogens with zero attached hydrogens (tertiary/aromatic N) is 2. The SMILES string of the molecule is CSC(=NC(c1ccccc1)c1ccccc1)NC#N. The summed E-state index contributed by atoms with van der Waals surface area (Å²) in [5.41, 5.74) is 2.20. The van der Waals surface area contributed by atoms with Gasteiger partial charge >= 0.3 is 0 Å². The first-order valence-electron chi connectivity index (χ1n) is 6.22. The van der Waals surface area contributed by atoms with Crippen LogP contribution in [0.1, 0.15) is 17.2 Å². The molecule has 2 aromatic carbocycles. The van der Waals surface area contributed by atoms with Gasteiger partial charge in [-0.2, -0.15) is 5.26 Å². The molecule has 4 heteroatoms. The van der Waals surface area contributed by atoms with Crippen molar-refractivity contribution in [1.29, 1.82) is 5.26 Å². The highest BCUT2D eigenvalue weighted by Crippen LogP contribution is 2.26. The van der Waals surface area contributed by atoms with Crippen molar-refractivity contribution in [1.82, 2.24) is 5.32 Å². The number of rotatable bonds is 3. The number of hydrogen-bond donors (Lipinski definition) is 1. The monoisotopic (exact) mass is 281 g/mol. The number of hydrogen-bond acceptors (Lipinski definition) is 3. The lowest BCUT2D eigenvalue weighted by Crippen LogP contribution is -2.15. The van der Waals surface area contributed by atoms with Gasteiger partial charge in [-0.3, -0.25) is 5.32 Å². The third kappa shape index (κ3) is 3.62. The van der Waals surface area contributed by atoms with E-state index in [4.69, 9.17) is 5.26 Å². The molecule has 0 aliphatic carbocycles. The molecule has 0 aliphatic heterocycles. The van der Waals surface area contributed by atoms with Crippen molar-refractivity contribution in [3.05, 3.63) is 71.8 Å². The van der Waals surface area contributed by atoms with Gasteiger partial charge in [-0.1, -0.05) is 72.4 Å². The minimum absolute atomic E-state index is 0.110. The average Bonchev–Trinajstić information content (AvgIpc) is 2.53. The molecule has 0 aromatic heterocycles. The van der Waals surface area contributed by atoms with Gasteiger partial charge in [-0.25, -0.2) is 4.99 Å². The fraction of sp³-hybridized carbons (Fsp3) is 0.125. The van der Waals surface area contributed by atoms with E-state index in [1.165, 1.54) is 11.8 Å². The van der Waals surface area contributed by atoms with Gasteiger partial charge in [0.25, 0.3) is 0 Å². The zero-order valence-electron chi connectivity index (χ0n) is 11.2. The van der Waals surface area contributed by atoms with Crippen molar-refractivity contribution in [3.63, 3.8) is 0 Å². The maximum Gasteiger partial charge on any atom is 0.183 e. The van der Waals surface area contributed by atoms with Crippen molar-refractivity contribution in [2.45, 2.75) is 6.04 Å². The highest BCUT2D eigenvalue weighted by molar-refractivity contribution is 8.13. The minimum Gasteiger partial charge on any atom is -0.272 e. The van der Waals surface area contributed by atoms with E-state index in [1.54, 1.807) is 0 Å². The summed E-state index contributed by atoms with van der Waals surface area (Å²) in [6, 6.07) is 20.0. The highest BCUT2D eigenvalue weighted by atomic mass is 32.2. The fourth-order valence-electron chi connectivity index (χ4n) is 1.91. The van der Waals surface area contributed by atoms with E-state index in [-0.39, 0.29) is 6.04 Å². The number of thioether (sulfide) groups is 1. The van der Waals surface area contributed by atoms with Gasteiger partial charge in [0.2, 0.25) is 0 Å². The summed E-state index contributed by atoms with van der Waals surface area (Å²) in [5, 5.41) is 12.0. The molecule has 0 saturated heterocycles. The standard InChI is InChI=1S/C16H15N3S/c1-20-16(18-12-17)19-15(13-8-4-2-5-9-13)14-10-6-3-7-11-14/h2-11,15H,1H3,(H,18,19). The first kappa shape index (κ1) is 14.2. The smallest absolute Gasteiger partial charge is 0.183 e. The molecule has 0 aliphatic rings. The molecule has 0 heterocycles. The average molecular weight is 281 g/mol. The van der Waals surface area contributed by atoms with Crippen LogP contribution in [0.15, 0.2) is 65.7 Å². The fourth-order valence-corrected chi connectivity index (χ4v) is 2.27. The van der Waals surface area contributed by atoms with Crippen LogP contribution in [0.3, 0.4) is 0 Å². The molecule has 0 spiro atoms.